The normalized spacial score (nSPS) is 23.2. The molecule has 1 heterocycles. The maximum atomic E-state index is 12.4. The molecule has 1 aliphatic rings. The average Bonchev–Trinajstić information content (AvgIpc) is 2.47. The van der Waals surface area contributed by atoms with Crippen LogP contribution in [-0.2, 0) is 10.0 Å². The van der Waals surface area contributed by atoms with Crippen LogP contribution >= 0.6 is 0 Å². The molecular formula is C13H17N3O3S. The lowest BCUT2D eigenvalue weighted by Gasteiger charge is -2.30. The Morgan fingerprint density at radius 1 is 1.45 bits per heavy atom. The number of aliphatic hydroxyl groups is 1. The van der Waals surface area contributed by atoms with E-state index in [9.17, 15) is 13.5 Å². The summed E-state index contributed by atoms with van der Waals surface area (Å²) < 4.78 is 27.3. The minimum Gasteiger partial charge on any atom is -0.396 e. The molecule has 1 aliphatic carbocycles. The first-order valence-electron chi connectivity index (χ1n) is 6.57. The van der Waals surface area contributed by atoms with Crippen LogP contribution in [-0.4, -0.2) is 31.2 Å². The van der Waals surface area contributed by atoms with Crippen molar-refractivity contribution in [2.75, 3.05) is 6.61 Å². The summed E-state index contributed by atoms with van der Waals surface area (Å²) in [6, 6.07) is 4.35. The third-order valence-electron chi connectivity index (χ3n) is 3.62. The van der Waals surface area contributed by atoms with Gasteiger partial charge in [-0.2, -0.15) is 5.26 Å². The number of aliphatic hydroxyl groups excluding tert-OH is 1. The zero-order valence-electron chi connectivity index (χ0n) is 11.0. The van der Waals surface area contributed by atoms with E-state index in [1.165, 1.54) is 18.3 Å². The van der Waals surface area contributed by atoms with Crippen molar-refractivity contribution in [2.45, 2.75) is 36.6 Å². The SMILES string of the molecule is N#Cc1ncccc1S(=O)(=O)NC1CCCCC1CO. The summed E-state index contributed by atoms with van der Waals surface area (Å²) in [5.74, 6) is -0.0688. The summed E-state index contributed by atoms with van der Waals surface area (Å²) in [5.41, 5.74) is -0.114. The maximum absolute atomic E-state index is 12.4. The Labute approximate surface area is 118 Å². The molecule has 1 aromatic heterocycles. The van der Waals surface area contributed by atoms with Crippen molar-refractivity contribution in [3.8, 4) is 6.07 Å². The van der Waals surface area contributed by atoms with Crippen molar-refractivity contribution in [1.29, 1.82) is 5.26 Å². The monoisotopic (exact) mass is 295 g/mol. The third-order valence-corrected chi connectivity index (χ3v) is 5.14. The van der Waals surface area contributed by atoms with Gasteiger partial charge in [-0.15, -0.1) is 0 Å². The fourth-order valence-corrected chi connectivity index (χ4v) is 3.98. The molecule has 0 spiro atoms. The van der Waals surface area contributed by atoms with Crippen molar-refractivity contribution in [2.24, 2.45) is 5.92 Å². The highest BCUT2D eigenvalue weighted by atomic mass is 32.2. The molecule has 20 heavy (non-hydrogen) atoms. The third kappa shape index (κ3) is 3.15. The van der Waals surface area contributed by atoms with Crippen LogP contribution < -0.4 is 4.72 Å². The molecule has 1 aromatic rings. The molecule has 7 heteroatoms. The number of nitriles is 1. The standard InChI is InChI=1S/C13H17N3O3S/c14-8-12-13(6-3-7-15-12)20(18,19)16-11-5-2-1-4-10(11)9-17/h3,6-7,10-11,16-17H,1-2,4-5,9H2. The number of hydrogen-bond donors (Lipinski definition) is 2. The van der Waals surface area contributed by atoms with E-state index in [4.69, 9.17) is 5.26 Å². The Kier molecular flexibility index (Phi) is 4.70. The van der Waals surface area contributed by atoms with Gasteiger partial charge in [0.05, 0.1) is 0 Å². The number of aromatic nitrogens is 1. The zero-order chi connectivity index (χ0) is 14.6. The lowest BCUT2D eigenvalue weighted by atomic mass is 9.86. The summed E-state index contributed by atoms with van der Waals surface area (Å²) in [6.07, 6.45) is 4.82. The highest BCUT2D eigenvalue weighted by molar-refractivity contribution is 7.89. The van der Waals surface area contributed by atoms with Gasteiger partial charge in [0.15, 0.2) is 5.69 Å². The van der Waals surface area contributed by atoms with Gasteiger partial charge in [-0.1, -0.05) is 12.8 Å². The van der Waals surface area contributed by atoms with Crippen LogP contribution in [0.25, 0.3) is 0 Å². The van der Waals surface area contributed by atoms with E-state index in [1.807, 2.05) is 0 Å². The second-order valence-electron chi connectivity index (χ2n) is 4.92. The number of nitrogens with zero attached hydrogens (tertiary/aromatic N) is 2. The Hall–Kier alpha value is -1.49. The predicted molar refractivity (Wildman–Crippen MR) is 72.1 cm³/mol. The number of pyridine rings is 1. The molecular weight excluding hydrogens is 278 g/mol. The largest absolute Gasteiger partial charge is 0.396 e. The highest BCUT2D eigenvalue weighted by Crippen LogP contribution is 2.25. The molecule has 0 bridgehead atoms. The van der Waals surface area contributed by atoms with Crippen molar-refractivity contribution in [3.05, 3.63) is 24.0 Å². The number of nitrogens with one attached hydrogen (secondary N) is 1. The smallest absolute Gasteiger partial charge is 0.243 e. The van der Waals surface area contributed by atoms with Gasteiger partial charge in [0.2, 0.25) is 10.0 Å². The van der Waals surface area contributed by atoms with Gasteiger partial charge in [-0.25, -0.2) is 18.1 Å². The maximum Gasteiger partial charge on any atom is 0.243 e. The molecule has 1 fully saturated rings. The fraction of sp³-hybridized carbons (Fsp3) is 0.538. The quantitative estimate of drug-likeness (QED) is 0.854. The van der Waals surface area contributed by atoms with Gasteiger partial charge >= 0.3 is 0 Å². The molecule has 2 rings (SSSR count). The lowest BCUT2D eigenvalue weighted by molar-refractivity contribution is 0.164. The fourth-order valence-electron chi connectivity index (χ4n) is 2.54. The summed E-state index contributed by atoms with van der Waals surface area (Å²) in [6.45, 7) is -0.0364. The van der Waals surface area contributed by atoms with Crippen molar-refractivity contribution < 1.29 is 13.5 Å². The highest BCUT2D eigenvalue weighted by Gasteiger charge is 2.30. The molecule has 2 unspecified atom stereocenters. The number of rotatable bonds is 4. The molecule has 2 N–H and O–H groups in total. The van der Waals surface area contributed by atoms with Gasteiger partial charge in [-0.3, -0.25) is 0 Å². The van der Waals surface area contributed by atoms with Crippen LogP contribution in [0.3, 0.4) is 0 Å². The Morgan fingerprint density at radius 2 is 2.20 bits per heavy atom. The van der Waals surface area contributed by atoms with Crippen LogP contribution in [0, 0.1) is 17.2 Å². The summed E-state index contributed by atoms with van der Waals surface area (Å²) in [5, 5.41) is 18.3. The van der Waals surface area contributed by atoms with E-state index in [1.54, 1.807) is 6.07 Å². The first kappa shape index (κ1) is 14.9. The molecule has 0 aromatic carbocycles. The number of hydrogen-bond acceptors (Lipinski definition) is 5. The molecule has 6 nitrogen and oxygen atoms in total. The Bertz CT molecular complexity index is 610. The minimum atomic E-state index is -3.79. The van der Waals surface area contributed by atoms with Gasteiger partial charge in [0.25, 0.3) is 0 Å². The van der Waals surface area contributed by atoms with Crippen LogP contribution in [0.15, 0.2) is 23.2 Å². The predicted octanol–water partition coefficient (Wildman–Crippen LogP) is 0.783. The van der Waals surface area contributed by atoms with Gasteiger partial charge in [0, 0.05) is 18.8 Å². The average molecular weight is 295 g/mol. The molecule has 2 atom stereocenters. The summed E-state index contributed by atoms with van der Waals surface area (Å²) in [4.78, 5) is 3.66. The second-order valence-corrected chi connectivity index (χ2v) is 6.60. The van der Waals surface area contributed by atoms with Crippen LogP contribution in [0.2, 0.25) is 0 Å². The zero-order valence-corrected chi connectivity index (χ0v) is 11.8. The van der Waals surface area contributed by atoms with Crippen LogP contribution in [0.1, 0.15) is 31.4 Å². The summed E-state index contributed by atoms with van der Waals surface area (Å²) >= 11 is 0. The second kappa shape index (κ2) is 6.31. The van der Waals surface area contributed by atoms with Crippen LogP contribution in [0.4, 0.5) is 0 Å². The van der Waals surface area contributed by atoms with Gasteiger partial charge < -0.3 is 5.11 Å². The van der Waals surface area contributed by atoms with E-state index in [-0.39, 0.29) is 29.2 Å². The van der Waals surface area contributed by atoms with Crippen molar-refractivity contribution in [3.63, 3.8) is 0 Å². The first-order valence-corrected chi connectivity index (χ1v) is 8.05. The van der Waals surface area contributed by atoms with E-state index >= 15 is 0 Å². The molecule has 108 valence electrons. The van der Waals surface area contributed by atoms with Crippen molar-refractivity contribution >= 4 is 10.0 Å². The molecule has 0 aliphatic heterocycles. The molecule has 0 amide bonds. The molecule has 1 saturated carbocycles. The Balaban J connectivity index is 2.25. The number of sulfonamides is 1. The van der Waals surface area contributed by atoms with E-state index in [0.29, 0.717) is 6.42 Å². The lowest BCUT2D eigenvalue weighted by Crippen LogP contribution is -2.43. The van der Waals surface area contributed by atoms with E-state index in [2.05, 4.69) is 9.71 Å². The van der Waals surface area contributed by atoms with Gasteiger partial charge in [0.1, 0.15) is 11.0 Å². The Morgan fingerprint density at radius 3 is 2.90 bits per heavy atom. The van der Waals surface area contributed by atoms with Crippen LogP contribution in [0.5, 0.6) is 0 Å². The van der Waals surface area contributed by atoms with Gasteiger partial charge in [-0.05, 0) is 30.9 Å². The minimum absolute atomic E-state index is 0.0364. The molecule has 0 radical (unpaired) electrons. The van der Waals surface area contributed by atoms with E-state index in [0.717, 1.165) is 19.3 Å². The topological polar surface area (TPSA) is 103 Å². The van der Waals surface area contributed by atoms with Crippen molar-refractivity contribution in [1.82, 2.24) is 9.71 Å². The first-order chi connectivity index (χ1) is 9.58. The van der Waals surface area contributed by atoms with E-state index < -0.39 is 10.0 Å². The summed E-state index contributed by atoms with van der Waals surface area (Å²) in [7, 11) is -3.79. The molecule has 0 saturated heterocycles.